The van der Waals surface area contributed by atoms with Crippen molar-refractivity contribution in [1.82, 2.24) is 10.2 Å². The number of nitrogens with one attached hydrogen (secondary N) is 1. The van der Waals surface area contributed by atoms with E-state index in [0.29, 0.717) is 18.6 Å². The van der Waals surface area contributed by atoms with Crippen molar-refractivity contribution in [2.45, 2.75) is 70.5 Å². The normalized spacial score (nSPS) is 38.2. The molecule has 2 rings (SSSR count). The number of hydrogen-bond acceptors (Lipinski definition) is 3. The van der Waals surface area contributed by atoms with Crippen molar-refractivity contribution in [3.63, 3.8) is 0 Å². The molecule has 2 unspecified atom stereocenters. The van der Waals surface area contributed by atoms with Crippen LogP contribution in [-0.4, -0.2) is 47.8 Å². The van der Waals surface area contributed by atoms with Gasteiger partial charge in [-0.1, -0.05) is 13.8 Å². The van der Waals surface area contributed by atoms with Crippen LogP contribution >= 0.6 is 0 Å². The molecule has 2 fully saturated rings. The molecule has 1 aliphatic carbocycles. The Morgan fingerprint density at radius 3 is 2.50 bits per heavy atom. The van der Waals surface area contributed by atoms with Gasteiger partial charge in [0, 0.05) is 18.1 Å². The topological polar surface area (TPSA) is 35.5 Å². The summed E-state index contributed by atoms with van der Waals surface area (Å²) < 4.78 is 0. The van der Waals surface area contributed by atoms with Crippen molar-refractivity contribution in [2.24, 2.45) is 5.92 Å². The third kappa shape index (κ3) is 3.25. The third-order valence-electron chi connectivity index (χ3n) is 4.96. The fraction of sp³-hybridized carbons (Fsp3) is 1.00. The molecule has 0 bridgehead atoms. The highest BCUT2D eigenvalue weighted by Crippen LogP contribution is 2.31. The standard InChI is InChI=1S/C15H30N2O/c1-3-9-16-13-4-6-14(7-5-13)17-10-8-12(2)15(17)11-18/h12-16,18H,3-11H2,1-2H3. The molecule has 0 aromatic carbocycles. The first kappa shape index (κ1) is 14.3. The van der Waals surface area contributed by atoms with Crippen LogP contribution in [0.2, 0.25) is 0 Å². The lowest BCUT2D eigenvalue weighted by molar-refractivity contribution is 0.0791. The monoisotopic (exact) mass is 254 g/mol. The summed E-state index contributed by atoms with van der Waals surface area (Å²) in [4.78, 5) is 2.60. The predicted molar refractivity (Wildman–Crippen MR) is 75.7 cm³/mol. The Bertz CT molecular complexity index is 239. The summed E-state index contributed by atoms with van der Waals surface area (Å²) in [6, 6.07) is 1.90. The Kier molecular flexibility index (Phi) is 5.46. The molecule has 18 heavy (non-hydrogen) atoms. The lowest BCUT2D eigenvalue weighted by atomic mass is 9.89. The van der Waals surface area contributed by atoms with E-state index >= 15 is 0 Å². The molecular formula is C15H30N2O. The van der Waals surface area contributed by atoms with Gasteiger partial charge in [0.1, 0.15) is 0 Å². The second kappa shape index (κ2) is 6.88. The molecule has 106 valence electrons. The van der Waals surface area contributed by atoms with Crippen molar-refractivity contribution in [1.29, 1.82) is 0 Å². The summed E-state index contributed by atoms with van der Waals surface area (Å²) in [5, 5.41) is 13.2. The Balaban J connectivity index is 1.79. The first-order valence-electron chi connectivity index (χ1n) is 7.86. The SMILES string of the molecule is CCCNC1CCC(N2CCC(C)C2CO)CC1. The minimum Gasteiger partial charge on any atom is -0.395 e. The van der Waals surface area contributed by atoms with E-state index < -0.39 is 0 Å². The van der Waals surface area contributed by atoms with Crippen molar-refractivity contribution >= 4 is 0 Å². The maximum absolute atomic E-state index is 9.55. The molecule has 0 aromatic rings. The Labute approximate surface area is 112 Å². The molecule has 2 atom stereocenters. The van der Waals surface area contributed by atoms with Gasteiger partial charge in [0.05, 0.1) is 6.61 Å². The number of aliphatic hydroxyl groups excluding tert-OH is 1. The molecule has 1 saturated carbocycles. The number of nitrogens with zero attached hydrogens (tertiary/aromatic N) is 1. The Morgan fingerprint density at radius 1 is 1.17 bits per heavy atom. The number of likely N-dealkylation sites (tertiary alicyclic amines) is 1. The van der Waals surface area contributed by atoms with Crippen LogP contribution in [0.1, 0.15) is 52.4 Å². The van der Waals surface area contributed by atoms with Gasteiger partial charge >= 0.3 is 0 Å². The van der Waals surface area contributed by atoms with Crippen LogP contribution in [0, 0.1) is 5.92 Å². The van der Waals surface area contributed by atoms with Crippen LogP contribution in [-0.2, 0) is 0 Å². The van der Waals surface area contributed by atoms with Crippen LogP contribution in [0.25, 0.3) is 0 Å². The molecule has 2 aliphatic rings. The molecule has 0 amide bonds. The van der Waals surface area contributed by atoms with E-state index in [1.165, 1.54) is 45.1 Å². The molecule has 0 aromatic heterocycles. The summed E-state index contributed by atoms with van der Waals surface area (Å²) in [6.07, 6.45) is 7.74. The van der Waals surface area contributed by atoms with Gasteiger partial charge in [0.15, 0.2) is 0 Å². The molecule has 0 radical (unpaired) electrons. The van der Waals surface area contributed by atoms with Gasteiger partial charge in [0.25, 0.3) is 0 Å². The third-order valence-corrected chi connectivity index (χ3v) is 4.96. The second-order valence-corrected chi connectivity index (χ2v) is 6.21. The molecule has 3 nitrogen and oxygen atoms in total. The van der Waals surface area contributed by atoms with Gasteiger partial charge in [0.2, 0.25) is 0 Å². The molecule has 1 aliphatic heterocycles. The Morgan fingerprint density at radius 2 is 1.89 bits per heavy atom. The van der Waals surface area contributed by atoms with Crippen molar-refractivity contribution in [3.8, 4) is 0 Å². The Hall–Kier alpha value is -0.120. The van der Waals surface area contributed by atoms with Crippen molar-refractivity contribution in [2.75, 3.05) is 19.7 Å². The highest BCUT2D eigenvalue weighted by atomic mass is 16.3. The summed E-state index contributed by atoms with van der Waals surface area (Å²) in [6.45, 7) is 7.22. The predicted octanol–water partition coefficient (Wildman–Crippen LogP) is 2.00. The zero-order valence-electron chi connectivity index (χ0n) is 12.1. The lowest BCUT2D eigenvalue weighted by Gasteiger charge is -2.38. The smallest absolute Gasteiger partial charge is 0.0589 e. The average molecular weight is 254 g/mol. The van der Waals surface area contributed by atoms with Gasteiger partial charge < -0.3 is 10.4 Å². The largest absolute Gasteiger partial charge is 0.395 e. The fourth-order valence-corrected chi connectivity index (χ4v) is 3.74. The van der Waals surface area contributed by atoms with E-state index in [0.717, 1.165) is 18.6 Å². The molecular weight excluding hydrogens is 224 g/mol. The zero-order valence-corrected chi connectivity index (χ0v) is 12.1. The summed E-state index contributed by atoms with van der Waals surface area (Å²) in [5.74, 6) is 0.672. The molecule has 2 N–H and O–H groups in total. The van der Waals surface area contributed by atoms with Gasteiger partial charge in [-0.2, -0.15) is 0 Å². The minimum atomic E-state index is 0.342. The first-order chi connectivity index (χ1) is 8.76. The van der Waals surface area contributed by atoms with E-state index in [4.69, 9.17) is 0 Å². The van der Waals surface area contributed by atoms with E-state index in [1.54, 1.807) is 0 Å². The van der Waals surface area contributed by atoms with E-state index in [9.17, 15) is 5.11 Å². The lowest BCUT2D eigenvalue weighted by Crippen LogP contribution is -2.46. The molecule has 3 heteroatoms. The van der Waals surface area contributed by atoms with E-state index in [1.807, 2.05) is 0 Å². The van der Waals surface area contributed by atoms with Gasteiger partial charge in [-0.3, -0.25) is 4.90 Å². The highest BCUT2D eigenvalue weighted by molar-refractivity contribution is 4.91. The molecule has 1 saturated heterocycles. The van der Waals surface area contributed by atoms with Crippen LogP contribution in [0.3, 0.4) is 0 Å². The van der Waals surface area contributed by atoms with Crippen molar-refractivity contribution in [3.05, 3.63) is 0 Å². The molecule has 1 heterocycles. The average Bonchev–Trinajstić information content (AvgIpc) is 2.78. The van der Waals surface area contributed by atoms with Gasteiger partial charge in [-0.05, 0) is 57.5 Å². The van der Waals surface area contributed by atoms with Crippen LogP contribution in [0.15, 0.2) is 0 Å². The number of hydrogen-bond donors (Lipinski definition) is 2. The van der Waals surface area contributed by atoms with Gasteiger partial charge in [-0.15, -0.1) is 0 Å². The number of aliphatic hydroxyl groups is 1. The van der Waals surface area contributed by atoms with Gasteiger partial charge in [-0.25, -0.2) is 0 Å². The summed E-state index contributed by atoms with van der Waals surface area (Å²) in [5.41, 5.74) is 0. The maximum atomic E-state index is 9.55. The summed E-state index contributed by atoms with van der Waals surface area (Å²) in [7, 11) is 0. The highest BCUT2D eigenvalue weighted by Gasteiger charge is 2.36. The number of rotatable bonds is 5. The quantitative estimate of drug-likeness (QED) is 0.788. The van der Waals surface area contributed by atoms with Crippen LogP contribution in [0.4, 0.5) is 0 Å². The van der Waals surface area contributed by atoms with E-state index in [2.05, 4.69) is 24.1 Å². The zero-order chi connectivity index (χ0) is 13.0. The molecule has 0 spiro atoms. The summed E-state index contributed by atoms with van der Waals surface area (Å²) >= 11 is 0. The van der Waals surface area contributed by atoms with Crippen LogP contribution < -0.4 is 5.32 Å². The minimum absolute atomic E-state index is 0.342. The van der Waals surface area contributed by atoms with Crippen LogP contribution in [0.5, 0.6) is 0 Å². The van der Waals surface area contributed by atoms with Crippen molar-refractivity contribution < 1.29 is 5.11 Å². The first-order valence-corrected chi connectivity index (χ1v) is 7.86. The second-order valence-electron chi connectivity index (χ2n) is 6.21. The maximum Gasteiger partial charge on any atom is 0.0589 e. The fourth-order valence-electron chi connectivity index (χ4n) is 3.74. The van der Waals surface area contributed by atoms with E-state index in [-0.39, 0.29) is 0 Å².